The van der Waals surface area contributed by atoms with Crippen LogP contribution in [0.2, 0.25) is 0 Å². The van der Waals surface area contributed by atoms with Crippen LogP contribution in [-0.4, -0.2) is 28.1 Å². The second-order valence-corrected chi connectivity index (χ2v) is 6.75. The number of rotatable bonds is 2. The summed E-state index contributed by atoms with van der Waals surface area (Å²) < 4.78 is 29.4. The summed E-state index contributed by atoms with van der Waals surface area (Å²) in [6.45, 7) is -0.120. The Hall–Kier alpha value is -1.64. The van der Waals surface area contributed by atoms with Crippen LogP contribution in [0, 0.1) is 0 Å². The molecule has 104 valence electrons. The molecule has 2 heterocycles. The Labute approximate surface area is 120 Å². The van der Waals surface area contributed by atoms with Gasteiger partial charge >= 0.3 is 0 Å². The molecule has 0 saturated carbocycles. The van der Waals surface area contributed by atoms with Crippen LogP contribution in [0.5, 0.6) is 0 Å². The first kappa shape index (κ1) is 13.3. The van der Waals surface area contributed by atoms with Crippen LogP contribution in [0.3, 0.4) is 0 Å². The molecule has 8 heteroatoms. The Morgan fingerprint density at radius 2 is 2.10 bits per heavy atom. The Morgan fingerprint density at radius 3 is 2.80 bits per heavy atom. The van der Waals surface area contributed by atoms with Crippen LogP contribution in [0.25, 0.3) is 0 Å². The monoisotopic (exact) mass is 309 g/mol. The van der Waals surface area contributed by atoms with E-state index in [1.807, 2.05) is 0 Å². The van der Waals surface area contributed by atoms with E-state index in [1.165, 1.54) is 11.8 Å². The van der Waals surface area contributed by atoms with Gasteiger partial charge in [0, 0.05) is 12.6 Å². The van der Waals surface area contributed by atoms with Crippen LogP contribution >= 0.6 is 11.8 Å². The van der Waals surface area contributed by atoms with Gasteiger partial charge in [-0.05, 0) is 17.8 Å². The topological polar surface area (TPSA) is 84.5 Å². The fourth-order valence-corrected chi connectivity index (χ4v) is 4.34. The molecule has 3 rings (SSSR count). The van der Waals surface area contributed by atoms with Gasteiger partial charge in [0.2, 0.25) is 0 Å². The summed E-state index contributed by atoms with van der Waals surface area (Å²) in [6, 6.07) is 6.71. The maximum absolute atomic E-state index is 11.9. The van der Waals surface area contributed by atoms with E-state index in [9.17, 15) is 8.42 Å². The first-order valence-corrected chi connectivity index (χ1v) is 8.02. The first-order chi connectivity index (χ1) is 9.53. The normalized spacial score (nSPS) is 16.0. The lowest BCUT2D eigenvalue weighted by molar-refractivity contribution is 0.271. The fraction of sp³-hybridized carbons (Fsp3) is 0.167. The lowest BCUT2D eigenvalue weighted by Gasteiger charge is -2.03. The summed E-state index contributed by atoms with van der Waals surface area (Å²) in [7, 11) is -1.85. The van der Waals surface area contributed by atoms with Gasteiger partial charge < -0.3 is 9.67 Å². The number of fused-ring (bicyclic) bond motifs is 1. The Bertz CT molecular complexity index is 809. The summed E-state index contributed by atoms with van der Waals surface area (Å²) in [5, 5.41) is 10.1. The molecule has 1 aromatic carbocycles. The molecule has 6 nitrogen and oxygen atoms in total. The van der Waals surface area contributed by atoms with Gasteiger partial charge in [0.05, 0.1) is 23.4 Å². The minimum atomic E-state index is -3.61. The van der Waals surface area contributed by atoms with E-state index in [4.69, 9.17) is 5.11 Å². The van der Waals surface area contributed by atoms with Crippen molar-refractivity contribution < 1.29 is 13.5 Å². The van der Waals surface area contributed by atoms with Gasteiger partial charge in [-0.3, -0.25) is 0 Å². The highest BCUT2D eigenvalue weighted by Crippen LogP contribution is 2.33. The number of hydrogen-bond acceptors (Lipinski definition) is 5. The smallest absolute Gasteiger partial charge is 0.284 e. The van der Waals surface area contributed by atoms with E-state index >= 15 is 0 Å². The molecule has 0 amide bonds. The first-order valence-electron chi connectivity index (χ1n) is 5.76. The molecule has 0 atom stereocenters. The van der Waals surface area contributed by atoms with Crippen LogP contribution < -0.4 is 0 Å². The summed E-state index contributed by atoms with van der Waals surface area (Å²) in [5.74, 6) is 0. The van der Waals surface area contributed by atoms with Crippen molar-refractivity contribution >= 4 is 26.8 Å². The van der Waals surface area contributed by atoms with Crippen molar-refractivity contribution in [1.29, 1.82) is 0 Å². The molecule has 0 saturated heterocycles. The third-order valence-corrected chi connectivity index (χ3v) is 5.51. The number of aliphatic hydroxyl groups excluding tert-OH is 1. The molecule has 1 aliphatic rings. The molecule has 0 unspecified atom stereocenters. The lowest BCUT2D eigenvalue weighted by atomic mass is 10.2. The minimum absolute atomic E-state index is 0.120. The number of aliphatic hydroxyl groups is 1. The molecule has 0 radical (unpaired) electrons. The third-order valence-electron chi connectivity index (χ3n) is 2.99. The number of aromatic nitrogens is 2. The Morgan fingerprint density at radius 1 is 1.35 bits per heavy atom. The van der Waals surface area contributed by atoms with Gasteiger partial charge in [0.15, 0.2) is 5.16 Å². The van der Waals surface area contributed by atoms with Crippen LogP contribution in [0.15, 0.2) is 44.9 Å². The van der Waals surface area contributed by atoms with E-state index in [2.05, 4.69) is 9.38 Å². The van der Waals surface area contributed by atoms with Crippen LogP contribution in [0.1, 0.15) is 11.3 Å². The SMILES string of the molecule is Cn1c(CO)cnc1SC1=NS(=O)(=O)c2ccccc21. The highest BCUT2D eigenvalue weighted by molar-refractivity contribution is 8.15. The highest BCUT2D eigenvalue weighted by Gasteiger charge is 2.29. The van der Waals surface area contributed by atoms with Gasteiger partial charge in [-0.15, -0.1) is 0 Å². The van der Waals surface area contributed by atoms with Gasteiger partial charge in [0.1, 0.15) is 5.04 Å². The molecule has 1 aromatic heterocycles. The number of benzene rings is 1. The van der Waals surface area contributed by atoms with Crippen LogP contribution in [0.4, 0.5) is 0 Å². The third kappa shape index (κ3) is 2.05. The minimum Gasteiger partial charge on any atom is -0.390 e. The predicted octanol–water partition coefficient (Wildman–Crippen LogP) is 1.15. The molecule has 0 fully saturated rings. The predicted molar refractivity (Wildman–Crippen MR) is 75.2 cm³/mol. The van der Waals surface area contributed by atoms with Gasteiger partial charge in [-0.25, -0.2) is 4.98 Å². The van der Waals surface area contributed by atoms with Gasteiger partial charge in [0.25, 0.3) is 10.0 Å². The van der Waals surface area contributed by atoms with Crippen molar-refractivity contribution in [2.75, 3.05) is 0 Å². The Balaban J connectivity index is 2.02. The molecule has 1 N–H and O–H groups in total. The zero-order chi connectivity index (χ0) is 14.3. The van der Waals surface area contributed by atoms with Crippen molar-refractivity contribution in [2.24, 2.45) is 11.4 Å². The Kier molecular flexibility index (Phi) is 3.15. The molecule has 2 aromatic rings. The van der Waals surface area contributed by atoms with Crippen molar-refractivity contribution in [2.45, 2.75) is 16.7 Å². The molecule has 0 aliphatic carbocycles. The number of imidazole rings is 1. The van der Waals surface area contributed by atoms with Crippen molar-refractivity contribution in [3.05, 3.63) is 41.7 Å². The van der Waals surface area contributed by atoms with Crippen molar-refractivity contribution in [3.8, 4) is 0 Å². The van der Waals surface area contributed by atoms with Crippen LogP contribution in [-0.2, 0) is 23.7 Å². The maximum atomic E-state index is 11.9. The quantitative estimate of drug-likeness (QED) is 0.899. The summed E-state index contributed by atoms with van der Waals surface area (Å²) in [4.78, 5) is 4.38. The molecule has 0 spiro atoms. The molecule has 1 aliphatic heterocycles. The maximum Gasteiger partial charge on any atom is 0.284 e. The zero-order valence-corrected chi connectivity index (χ0v) is 12.1. The molecular formula is C12H11N3O3S2. The second kappa shape index (κ2) is 4.72. The number of hydrogen-bond donors (Lipinski definition) is 1. The van der Waals surface area contributed by atoms with Crippen molar-refractivity contribution in [3.63, 3.8) is 0 Å². The van der Waals surface area contributed by atoms with Gasteiger partial charge in [-0.1, -0.05) is 18.2 Å². The van der Waals surface area contributed by atoms with E-state index in [0.717, 1.165) is 0 Å². The summed E-state index contributed by atoms with van der Waals surface area (Å²) in [5.41, 5.74) is 1.24. The standard InChI is InChI=1S/C12H11N3O3S2/c1-15-8(7-16)6-13-12(15)19-11-9-4-2-3-5-10(9)20(17,18)14-11/h2-6,16H,7H2,1H3. The molecule has 0 bridgehead atoms. The van der Waals surface area contributed by atoms with E-state index < -0.39 is 10.0 Å². The average Bonchev–Trinajstić information content (AvgIpc) is 2.90. The van der Waals surface area contributed by atoms with Gasteiger partial charge in [-0.2, -0.15) is 12.8 Å². The molecular weight excluding hydrogens is 298 g/mol. The van der Waals surface area contributed by atoms with E-state index in [1.54, 1.807) is 42.1 Å². The lowest BCUT2D eigenvalue weighted by Crippen LogP contribution is -2.00. The average molecular weight is 309 g/mol. The van der Waals surface area contributed by atoms with E-state index in [-0.39, 0.29) is 11.5 Å². The van der Waals surface area contributed by atoms with E-state index in [0.29, 0.717) is 21.5 Å². The number of sulfonamides is 1. The number of nitrogens with zero attached hydrogens (tertiary/aromatic N) is 3. The summed E-state index contributed by atoms with van der Waals surface area (Å²) >= 11 is 1.17. The molecule has 20 heavy (non-hydrogen) atoms. The number of thioether (sulfide) groups is 1. The fourth-order valence-electron chi connectivity index (χ4n) is 1.90. The van der Waals surface area contributed by atoms with Crippen molar-refractivity contribution in [1.82, 2.24) is 9.55 Å². The second-order valence-electron chi connectivity index (χ2n) is 4.22. The summed E-state index contributed by atoms with van der Waals surface area (Å²) in [6.07, 6.45) is 1.55. The zero-order valence-electron chi connectivity index (χ0n) is 10.5. The highest BCUT2D eigenvalue weighted by atomic mass is 32.2. The largest absolute Gasteiger partial charge is 0.390 e.